The predicted octanol–water partition coefficient (Wildman–Crippen LogP) is 13.1. The Morgan fingerprint density at radius 3 is 1.39 bits per heavy atom. The van der Waals surface area contributed by atoms with Crippen molar-refractivity contribution in [1.29, 1.82) is 0 Å². The molecule has 0 atom stereocenters. The molecule has 26 nitrogen and oxygen atoms in total. The number of aryl methyl sites for hydroxylation is 2. The Kier molecular flexibility index (Phi) is 22.4. The van der Waals surface area contributed by atoms with Gasteiger partial charge in [0.2, 0.25) is 11.7 Å². The number of aliphatic imine (C=N–C) groups is 2. The molecule has 0 unspecified atom stereocenters. The van der Waals surface area contributed by atoms with Gasteiger partial charge >= 0.3 is 0 Å². The second-order valence-electron chi connectivity index (χ2n) is 34.4. The Labute approximate surface area is 669 Å². The van der Waals surface area contributed by atoms with Gasteiger partial charge in [0, 0.05) is 104 Å². The highest BCUT2D eigenvalue weighted by Crippen LogP contribution is 2.37. The summed E-state index contributed by atoms with van der Waals surface area (Å²) in [5, 5.41) is 31.1. The van der Waals surface area contributed by atoms with Crippen LogP contribution in [0.2, 0.25) is 10.0 Å². The summed E-state index contributed by atoms with van der Waals surface area (Å²) in [6.07, 6.45) is 4.82. The number of β-amino-alcohol motifs (C(OH)–C–C–N with tert-alkyl or cyclic N) is 1. The number of imidazole rings is 3. The lowest BCUT2D eigenvalue weighted by molar-refractivity contribution is -0.149. The minimum Gasteiger partial charge on any atom is -0.389 e. The van der Waals surface area contributed by atoms with E-state index in [1.807, 2.05) is 115 Å². The Bertz CT molecular complexity index is 5580. The van der Waals surface area contributed by atoms with Crippen LogP contribution in [-0.4, -0.2) is 223 Å². The minimum atomic E-state index is -1.10. The maximum Gasteiger partial charge on any atom is 0.291 e. The van der Waals surface area contributed by atoms with Crippen molar-refractivity contribution >= 4 is 87.1 Å². The standard InChI is InChI=1S/2C28H31ClFN7O2.C27H34FN5O3/c1-16-13-31-23(32-16)26(39)35-9-10-36(28(5,6)15-35)25(38)22-14-37-24(33-22)18(27(2,3)4)12-21(34-37)17-7-8-19(29)20(30)11-17;1-16-11-22(33-32-16)25(38)35-9-10-36(28(5,6)15-35)26(39)23-14-37-24(31-23)18(27(2,3)4)13-21(34-37)17-7-8-19(29)20(30)12-17;1-16(2)19-13-21(18-8-9-20(28)17(3)12-18)30-33-14-22(29-23(19)33)24(34)32-11-10-31(15-26(4,5)36)25(35)27(32,6)7/h7-8,11-12,14H,9-10,13,15H2,1-6H3;7-8,11-14H,9-10,15H2,1-6H3,(H,32,33);8-9,12-14,16,36H,10-11,15H2,1-7H3. The molecule has 3 fully saturated rings. The van der Waals surface area contributed by atoms with Gasteiger partial charge in [0.25, 0.3) is 29.5 Å². The zero-order chi connectivity index (χ0) is 83.1. The van der Waals surface area contributed by atoms with Gasteiger partial charge in [-0.1, -0.05) is 90.7 Å². The number of piperazine rings is 3. The van der Waals surface area contributed by atoms with Crippen LogP contribution in [0.25, 0.3) is 50.7 Å². The van der Waals surface area contributed by atoms with Gasteiger partial charge in [-0.05, 0) is 165 Å². The summed E-state index contributed by atoms with van der Waals surface area (Å²) in [7, 11) is 0. The van der Waals surface area contributed by atoms with Crippen molar-refractivity contribution in [2.75, 3.05) is 65.4 Å². The molecule has 114 heavy (non-hydrogen) atoms. The molecule has 0 bridgehead atoms. The van der Waals surface area contributed by atoms with Crippen molar-refractivity contribution in [3.63, 3.8) is 0 Å². The summed E-state index contributed by atoms with van der Waals surface area (Å²) in [5.41, 5.74) is 7.12. The van der Waals surface area contributed by atoms with Gasteiger partial charge in [-0.15, -0.1) is 0 Å². The van der Waals surface area contributed by atoms with Crippen molar-refractivity contribution in [3.8, 4) is 33.8 Å². The molecule has 7 aromatic heterocycles. The largest absolute Gasteiger partial charge is 0.389 e. The molecule has 0 saturated carbocycles. The molecule has 11 heterocycles. The number of amidine groups is 1. The van der Waals surface area contributed by atoms with E-state index in [-0.39, 0.29) is 97.5 Å². The lowest BCUT2D eigenvalue weighted by atomic mass is 9.87. The van der Waals surface area contributed by atoms with Crippen molar-refractivity contribution in [2.45, 2.75) is 171 Å². The number of aliphatic hydroxyl groups is 1. The molecule has 4 aliphatic heterocycles. The van der Waals surface area contributed by atoms with Crippen LogP contribution in [0.5, 0.6) is 0 Å². The summed E-state index contributed by atoms with van der Waals surface area (Å²) < 4.78 is 47.0. The number of nitrogens with one attached hydrogen (secondary N) is 1. The summed E-state index contributed by atoms with van der Waals surface area (Å²) in [4.78, 5) is 113. The van der Waals surface area contributed by atoms with Gasteiger partial charge < -0.3 is 34.5 Å². The third-order valence-corrected chi connectivity index (χ3v) is 21.3. The number of benzene rings is 3. The van der Waals surface area contributed by atoms with Gasteiger partial charge in [0.15, 0.2) is 16.9 Å². The summed E-state index contributed by atoms with van der Waals surface area (Å²) >= 11 is 11.8. The summed E-state index contributed by atoms with van der Waals surface area (Å²) in [6.45, 7) is 39.6. The monoisotopic (exact) mass is 1600 g/mol. The molecular weight excluding hydrogens is 1500 g/mol. The first-order chi connectivity index (χ1) is 53.2. The lowest BCUT2D eigenvalue weighted by Crippen LogP contribution is -2.65. The molecule has 0 radical (unpaired) electrons. The topological polar surface area (TPSA) is 286 Å². The van der Waals surface area contributed by atoms with Crippen molar-refractivity contribution in [3.05, 3.63) is 176 Å². The molecule has 0 aliphatic carbocycles. The van der Waals surface area contributed by atoms with E-state index in [0.29, 0.717) is 115 Å². The molecule has 31 heteroatoms. The van der Waals surface area contributed by atoms with E-state index in [1.165, 1.54) is 35.2 Å². The zero-order valence-corrected chi connectivity index (χ0v) is 69.2. The highest BCUT2D eigenvalue weighted by Gasteiger charge is 2.47. The molecule has 2 N–H and O–H groups in total. The maximum atomic E-state index is 14.2. The maximum absolute atomic E-state index is 14.2. The number of carbonyl (C=O) groups excluding carboxylic acids is 6. The summed E-state index contributed by atoms with van der Waals surface area (Å²) in [5.74, 6) is -2.46. The molecular formula is C83H96Cl2F3N19O7. The third-order valence-electron chi connectivity index (χ3n) is 20.7. The molecule has 600 valence electrons. The number of rotatable bonds is 11. The van der Waals surface area contributed by atoms with Crippen LogP contribution < -0.4 is 0 Å². The SMILES string of the molecule is CC1=NC(C(=O)N2CCN(C(=O)c3cn4nc(-c5ccc(Cl)c(F)c5)cc(C(C)(C)C)c4n3)C(C)(C)C2)=NC1.Cc1cc(-c2cc(C(C)C)c3nc(C(=O)N4CCN(CC(C)(C)O)C(=O)C4(C)C)cn3n2)ccc1F.Cc1cc(C(=O)N2CCN(C(=O)c3cn4nc(-c5ccc(Cl)c(F)c5)cc(C(C)(C)C)c4n3)C(C)(C)C2)n[nH]1. The number of halogens is 5. The zero-order valence-electron chi connectivity index (χ0n) is 67.7. The smallest absolute Gasteiger partial charge is 0.291 e. The first kappa shape index (κ1) is 82.7. The minimum absolute atomic E-state index is 0.0369. The van der Waals surface area contributed by atoms with Gasteiger partial charge in [-0.25, -0.2) is 46.7 Å². The fourth-order valence-electron chi connectivity index (χ4n) is 14.6. The Balaban J connectivity index is 0.000000158. The van der Waals surface area contributed by atoms with Crippen LogP contribution in [0.3, 0.4) is 0 Å². The highest BCUT2D eigenvalue weighted by molar-refractivity contribution is 6.41. The normalized spacial score (nSPS) is 16.5. The molecule has 14 rings (SSSR count). The molecule has 4 aliphatic rings. The van der Waals surface area contributed by atoms with E-state index in [9.17, 15) is 47.0 Å². The lowest BCUT2D eigenvalue weighted by Gasteiger charge is -2.46. The molecule has 3 aromatic carbocycles. The average molecular weight is 1600 g/mol. The predicted molar refractivity (Wildman–Crippen MR) is 431 cm³/mol. The first-order valence-corrected chi connectivity index (χ1v) is 38.5. The number of aromatic nitrogens is 11. The molecule has 3 saturated heterocycles. The highest BCUT2D eigenvalue weighted by atomic mass is 35.5. The van der Waals surface area contributed by atoms with Crippen LogP contribution in [-0.2, 0) is 20.4 Å². The number of nitrogens with zero attached hydrogens (tertiary/aromatic N) is 18. The first-order valence-electron chi connectivity index (χ1n) is 37.7. The third kappa shape index (κ3) is 17.0. The van der Waals surface area contributed by atoms with E-state index in [2.05, 4.69) is 40.5 Å². The second-order valence-corrected chi connectivity index (χ2v) is 35.2. The van der Waals surface area contributed by atoms with Gasteiger partial charge in [-0.3, -0.25) is 38.9 Å². The Morgan fingerprint density at radius 1 is 0.535 bits per heavy atom. The van der Waals surface area contributed by atoms with E-state index in [4.69, 9.17) is 33.2 Å². The fraction of sp³-hybridized carbons (Fsp3) is 0.434. The molecule has 0 spiro atoms. The summed E-state index contributed by atoms with van der Waals surface area (Å²) in [6, 6.07) is 21.4. The number of hydrogen-bond acceptors (Lipinski definition) is 16. The number of amides is 6. The van der Waals surface area contributed by atoms with Gasteiger partial charge in [0.05, 0.1) is 68.9 Å². The van der Waals surface area contributed by atoms with Crippen LogP contribution in [0.4, 0.5) is 13.2 Å². The molecule has 10 aromatic rings. The number of fused-ring (bicyclic) bond motifs is 3. The fourth-order valence-corrected chi connectivity index (χ4v) is 14.9. The van der Waals surface area contributed by atoms with Crippen molar-refractivity contribution in [1.82, 2.24) is 83.4 Å². The second kappa shape index (κ2) is 30.9. The van der Waals surface area contributed by atoms with Crippen molar-refractivity contribution < 1.29 is 47.0 Å². The Morgan fingerprint density at radius 2 is 0.974 bits per heavy atom. The molecule has 6 amide bonds. The van der Waals surface area contributed by atoms with E-state index < -0.39 is 33.9 Å². The van der Waals surface area contributed by atoms with Gasteiger partial charge in [0.1, 0.15) is 45.8 Å². The van der Waals surface area contributed by atoms with E-state index in [1.54, 1.807) is 122 Å². The number of hydrogen-bond donors (Lipinski definition) is 2. The average Bonchev–Trinajstić information content (AvgIpc) is 1.55. The van der Waals surface area contributed by atoms with Crippen LogP contribution in [0, 0.1) is 31.3 Å². The Hall–Kier alpha value is -10.8. The van der Waals surface area contributed by atoms with Crippen LogP contribution in [0.1, 0.15) is 194 Å². The number of H-pyrrole nitrogens is 1. The van der Waals surface area contributed by atoms with Crippen LogP contribution >= 0.6 is 23.2 Å². The van der Waals surface area contributed by atoms with Gasteiger partial charge in [-0.2, -0.15) is 20.4 Å². The van der Waals surface area contributed by atoms with Crippen molar-refractivity contribution in [2.24, 2.45) is 9.98 Å². The van der Waals surface area contributed by atoms with E-state index in [0.717, 1.165) is 33.7 Å². The number of carbonyl (C=O) groups is 6. The van der Waals surface area contributed by atoms with E-state index >= 15 is 0 Å². The number of aromatic amines is 1. The quantitative estimate of drug-likeness (QED) is 0.122. The van der Waals surface area contributed by atoms with Crippen LogP contribution in [0.15, 0.2) is 107 Å².